The standard InChI is InChI=1S/C12H17NO2/c1-4-12(2,13)11(14)9-7-5-6-8-10(9)15-3/h5-8H,4,13H2,1-3H3. The minimum atomic E-state index is -0.825. The van der Waals surface area contributed by atoms with Crippen molar-refractivity contribution in [1.82, 2.24) is 0 Å². The molecule has 2 N–H and O–H groups in total. The highest BCUT2D eigenvalue weighted by Gasteiger charge is 2.28. The molecule has 0 aliphatic rings. The van der Waals surface area contributed by atoms with E-state index in [0.717, 1.165) is 0 Å². The minimum absolute atomic E-state index is 0.0811. The fourth-order valence-corrected chi connectivity index (χ4v) is 1.30. The summed E-state index contributed by atoms with van der Waals surface area (Å²) in [6, 6.07) is 7.14. The summed E-state index contributed by atoms with van der Waals surface area (Å²) >= 11 is 0. The van der Waals surface area contributed by atoms with E-state index < -0.39 is 5.54 Å². The fraction of sp³-hybridized carbons (Fsp3) is 0.417. The predicted octanol–water partition coefficient (Wildman–Crippen LogP) is 2.01. The number of ketones is 1. The Morgan fingerprint density at radius 3 is 2.60 bits per heavy atom. The second kappa shape index (κ2) is 4.45. The molecule has 0 fully saturated rings. The van der Waals surface area contributed by atoms with Gasteiger partial charge in [-0.05, 0) is 25.5 Å². The van der Waals surface area contributed by atoms with E-state index in [1.807, 2.05) is 19.1 Å². The van der Waals surface area contributed by atoms with Gasteiger partial charge in [0.05, 0.1) is 18.2 Å². The summed E-state index contributed by atoms with van der Waals surface area (Å²) in [5.74, 6) is 0.495. The molecular weight excluding hydrogens is 190 g/mol. The Kier molecular flexibility index (Phi) is 3.48. The van der Waals surface area contributed by atoms with Crippen LogP contribution in [-0.4, -0.2) is 18.4 Å². The van der Waals surface area contributed by atoms with Gasteiger partial charge in [0.1, 0.15) is 5.75 Å². The molecule has 0 aliphatic heterocycles. The number of carbonyl (C=O) groups is 1. The Hall–Kier alpha value is -1.35. The van der Waals surface area contributed by atoms with Crippen LogP contribution in [-0.2, 0) is 0 Å². The summed E-state index contributed by atoms with van der Waals surface area (Å²) in [6.07, 6.45) is 0.601. The Morgan fingerprint density at radius 1 is 1.47 bits per heavy atom. The van der Waals surface area contributed by atoms with Crippen molar-refractivity contribution in [2.45, 2.75) is 25.8 Å². The molecule has 1 aromatic rings. The summed E-state index contributed by atoms with van der Waals surface area (Å²) in [7, 11) is 1.55. The third kappa shape index (κ3) is 2.36. The van der Waals surface area contributed by atoms with Gasteiger partial charge >= 0.3 is 0 Å². The number of nitrogens with two attached hydrogens (primary N) is 1. The highest BCUT2D eigenvalue weighted by Crippen LogP contribution is 2.23. The van der Waals surface area contributed by atoms with Crippen molar-refractivity contribution in [3.8, 4) is 5.75 Å². The first-order chi connectivity index (χ1) is 7.03. The Labute approximate surface area is 90.2 Å². The van der Waals surface area contributed by atoms with Gasteiger partial charge in [0.2, 0.25) is 0 Å². The topological polar surface area (TPSA) is 52.3 Å². The maximum Gasteiger partial charge on any atom is 0.186 e. The Morgan fingerprint density at radius 2 is 2.07 bits per heavy atom. The number of methoxy groups -OCH3 is 1. The van der Waals surface area contributed by atoms with Gasteiger partial charge in [-0.3, -0.25) is 4.79 Å². The molecule has 0 bridgehead atoms. The van der Waals surface area contributed by atoms with E-state index in [-0.39, 0.29) is 5.78 Å². The van der Waals surface area contributed by atoms with E-state index in [1.165, 1.54) is 0 Å². The zero-order chi connectivity index (χ0) is 11.5. The van der Waals surface area contributed by atoms with Crippen molar-refractivity contribution < 1.29 is 9.53 Å². The Bertz CT molecular complexity index is 358. The van der Waals surface area contributed by atoms with Gasteiger partial charge in [0, 0.05) is 0 Å². The van der Waals surface area contributed by atoms with Crippen LogP contribution in [0, 0.1) is 0 Å². The molecule has 0 aliphatic carbocycles. The van der Waals surface area contributed by atoms with Crippen molar-refractivity contribution in [1.29, 1.82) is 0 Å². The molecule has 1 aromatic carbocycles. The molecule has 0 saturated carbocycles. The van der Waals surface area contributed by atoms with Crippen LogP contribution >= 0.6 is 0 Å². The van der Waals surface area contributed by atoms with Crippen LogP contribution in [0.3, 0.4) is 0 Å². The van der Waals surface area contributed by atoms with Crippen LogP contribution in [0.2, 0.25) is 0 Å². The largest absolute Gasteiger partial charge is 0.496 e. The summed E-state index contributed by atoms with van der Waals surface area (Å²) < 4.78 is 5.13. The predicted molar refractivity (Wildman–Crippen MR) is 60.2 cm³/mol. The monoisotopic (exact) mass is 207 g/mol. The van der Waals surface area contributed by atoms with Gasteiger partial charge in [0.15, 0.2) is 5.78 Å². The molecule has 0 heterocycles. The van der Waals surface area contributed by atoms with Crippen LogP contribution in [0.15, 0.2) is 24.3 Å². The molecule has 0 amide bonds. The summed E-state index contributed by atoms with van der Waals surface area (Å²) in [5.41, 5.74) is 5.63. The van der Waals surface area contributed by atoms with E-state index in [2.05, 4.69) is 0 Å². The molecule has 1 unspecified atom stereocenters. The minimum Gasteiger partial charge on any atom is -0.496 e. The molecule has 1 atom stereocenters. The lowest BCUT2D eigenvalue weighted by atomic mass is 9.89. The average Bonchev–Trinajstić information content (AvgIpc) is 2.28. The average molecular weight is 207 g/mol. The zero-order valence-electron chi connectivity index (χ0n) is 9.41. The Balaban J connectivity index is 3.11. The molecule has 1 rings (SSSR count). The van der Waals surface area contributed by atoms with Crippen molar-refractivity contribution in [3.63, 3.8) is 0 Å². The van der Waals surface area contributed by atoms with Gasteiger partial charge in [-0.25, -0.2) is 0 Å². The number of Topliss-reactive ketones (excluding diaryl/α,β-unsaturated/α-hetero) is 1. The maximum absolute atomic E-state index is 12.1. The molecular formula is C12H17NO2. The van der Waals surface area contributed by atoms with E-state index in [0.29, 0.717) is 17.7 Å². The van der Waals surface area contributed by atoms with Gasteiger partial charge in [-0.1, -0.05) is 19.1 Å². The maximum atomic E-state index is 12.1. The first-order valence-electron chi connectivity index (χ1n) is 4.99. The highest BCUT2D eigenvalue weighted by atomic mass is 16.5. The molecule has 3 nitrogen and oxygen atoms in total. The first-order valence-corrected chi connectivity index (χ1v) is 4.99. The van der Waals surface area contributed by atoms with E-state index in [1.54, 1.807) is 26.2 Å². The van der Waals surface area contributed by atoms with Crippen molar-refractivity contribution in [2.24, 2.45) is 5.73 Å². The molecule has 0 spiro atoms. The second-order valence-electron chi connectivity index (χ2n) is 3.80. The van der Waals surface area contributed by atoms with Crippen LogP contribution in [0.25, 0.3) is 0 Å². The molecule has 15 heavy (non-hydrogen) atoms. The number of rotatable bonds is 4. The fourth-order valence-electron chi connectivity index (χ4n) is 1.30. The van der Waals surface area contributed by atoms with Crippen LogP contribution < -0.4 is 10.5 Å². The highest BCUT2D eigenvalue weighted by molar-refractivity contribution is 6.04. The van der Waals surface area contributed by atoms with E-state index in [4.69, 9.17) is 10.5 Å². The van der Waals surface area contributed by atoms with Crippen LogP contribution in [0.1, 0.15) is 30.6 Å². The molecule has 82 valence electrons. The van der Waals surface area contributed by atoms with Crippen molar-refractivity contribution in [3.05, 3.63) is 29.8 Å². The smallest absolute Gasteiger partial charge is 0.186 e. The number of benzene rings is 1. The lowest BCUT2D eigenvalue weighted by Gasteiger charge is -2.21. The zero-order valence-corrected chi connectivity index (χ0v) is 9.41. The first kappa shape index (κ1) is 11.7. The third-order valence-electron chi connectivity index (χ3n) is 2.60. The summed E-state index contributed by atoms with van der Waals surface area (Å²) in [6.45, 7) is 3.63. The van der Waals surface area contributed by atoms with Gasteiger partial charge in [-0.2, -0.15) is 0 Å². The van der Waals surface area contributed by atoms with E-state index in [9.17, 15) is 4.79 Å². The van der Waals surface area contributed by atoms with Gasteiger partial charge in [0.25, 0.3) is 0 Å². The van der Waals surface area contributed by atoms with E-state index >= 15 is 0 Å². The van der Waals surface area contributed by atoms with Crippen LogP contribution in [0.4, 0.5) is 0 Å². The molecule has 3 heteroatoms. The number of para-hydroxylation sites is 1. The lowest BCUT2D eigenvalue weighted by molar-refractivity contribution is 0.0894. The summed E-state index contributed by atoms with van der Waals surface area (Å²) in [5, 5.41) is 0. The quantitative estimate of drug-likeness (QED) is 0.768. The van der Waals surface area contributed by atoms with Gasteiger partial charge < -0.3 is 10.5 Å². The van der Waals surface area contributed by atoms with Crippen LogP contribution in [0.5, 0.6) is 5.75 Å². The molecule has 0 radical (unpaired) electrons. The number of carbonyl (C=O) groups excluding carboxylic acids is 1. The summed E-state index contributed by atoms with van der Waals surface area (Å²) in [4.78, 5) is 12.1. The molecule has 0 aromatic heterocycles. The van der Waals surface area contributed by atoms with Crippen molar-refractivity contribution in [2.75, 3.05) is 7.11 Å². The molecule has 0 saturated heterocycles. The number of hydrogen-bond acceptors (Lipinski definition) is 3. The number of hydrogen-bond donors (Lipinski definition) is 1. The second-order valence-corrected chi connectivity index (χ2v) is 3.80. The van der Waals surface area contributed by atoms with Gasteiger partial charge in [-0.15, -0.1) is 0 Å². The normalized spacial score (nSPS) is 14.4. The van der Waals surface area contributed by atoms with Crippen molar-refractivity contribution >= 4 is 5.78 Å². The lowest BCUT2D eigenvalue weighted by Crippen LogP contribution is -2.44. The third-order valence-corrected chi connectivity index (χ3v) is 2.60. The SMILES string of the molecule is CCC(C)(N)C(=O)c1ccccc1OC. The number of ether oxygens (including phenoxy) is 1.